The van der Waals surface area contributed by atoms with Crippen molar-refractivity contribution in [3.8, 4) is 0 Å². The standard InChI is InChI=1S/C18H20FNO2/c19-17-10-9-15(11-16(17)13-21)12-20-18(22)8-4-7-14-5-2-1-3-6-14/h1-3,5-6,9-11,21H,4,7-8,12-13H2,(H,20,22). The molecule has 1 amide bonds. The third-order valence-corrected chi connectivity index (χ3v) is 3.48. The minimum Gasteiger partial charge on any atom is -0.392 e. The van der Waals surface area contributed by atoms with Crippen LogP contribution in [-0.2, 0) is 24.4 Å². The van der Waals surface area contributed by atoms with Crippen molar-refractivity contribution < 1.29 is 14.3 Å². The first-order valence-corrected chi connectivity index (χ1v) is 7.38. The first-order valence-electron chi connectivity index (χ1n) is 7.38. The summed E-state index contributed by atoms with van der Waals surface area (Å²) < 4.78 is 13.2. The molecule has 0 radical (unpaired) electrons. The van der Waals surface area contributed by atoms with Gasteiger partial charge in [0.05, 0.1) is 6.61 Å². The first-order chi connectivity index (χ1) is 10.7. The zero-order valence-corrected chi connectivity index (χ0v) is 12.4. The molecule has 0 unspecified atom stereocenters. The minimum absolute atomic E-state index is 0.0224. The topological polar surface area (TPSA) is 49.3 Å². The maximum absolute atomic E-state index is 13.2. The van der Waals surface area contributed by atoms with Crippen LogP contribution < -0.4 is 5.32 Å². The van der Waals surface area contributed by atoms with Gasteiger partial charge in [-0.2, -0.15) is 0 Å². The average molecular weight is 301 g/mol. The summed E-state index contributed by atoms with van der Waals surface area (Å²) in [6, 6.07) is 14.5. The molecule has 0 atom stereocenters. The van der Waals surface area contributed by atoms with E-state index in [2.05, 4.69) is 5.32 Å². The summed E-state index contributed by atoms with van der Waals surface area (Å²) in [6.07, 6.45) is 2.13. The Labute approximate surface area is 129 Å². The highest BCUT2D eigenvalue weighted by Crippen LogP contribution is 2.10. The molecule has 2 aromatic carbocycles. The van der Waals surface area contributed by atoms with Crippen molar-refractivity contribution in [1.82, 2.24) is 5.32 Å². The highest BCUT2D eigenvalue weighted by Gasteiger charge is 2.05. The van der Waals surface area contributed by atoms with Crippen molar-refractivity contribution in [2.24, 2.45) is 0 Å². The van der Waals surface area contributed by atoms with Crippen LogP contribution in [0.25, 0.3) is 0 Å². The number of hydrogen-bond acceptors (Lipinski definition) is 2. The number of halogens is 1. The van der Waals surface area contributed by atoms with Gasteiger partial charge in [0.1, 0.15) is 5.82 Å². The fourth-order valence-electron chi connectivity index (χ4n) is 2.25. The minimum atomic E-state index is -0.430. The maximum atomic E-state index is 13.2. The zero-order chi connectivity index (χ0) is 15.8. The number of nitrogens with one attached hydrogen (secondary N) is 1. The van der Waals surface area contributed by atoms with E-state index < -0.39 is 5.82 Å². The third-order valence-electron chi connectivity index (χ3n) is 3.48. The fraction of sp³-hybridized carbons (Fsp3) is 0.278. The fourth-order valence-corrected chi connectivity index (χ4v) is 2.25. The predicted octanol–water partition coefficient (Wildman–Crippen LogP) is 2.96. The van der Waals surface area contributed by atoms with Gasteiger partial charge in [-0.3, -0.25) is 4.79 Å². The van der Waals surface area contributed by atoms with Crippen molar-refractivity contribution >= 4 is 5.91 Å². The van der Waals surface area contributed by atoms with Crippen LogP contribution in [0, 0.1) is 5.82 Å². The smallest absolute Gasteiger partial charge is 0.220 e. The van der Waals surface area contributed by atoms with E-state index in [1.165, 1.54) is 11.6 Å². The Hall–Kier alpha value is -2.20. The van der Waals surface area contributed by atoms with Gasteiger partial charge in [-0.05, 0) is 36.1 Å². The van der Waals surface area contributed by atoms with E-state index in [0.717, 1.165) is 18.4 Å². The molecule has 0 aliphatic rings. The number of hydrogen-bond donors (Lipinski definition) is 2. The van der Waals surface area contributed by atoms with Crippen LogP contribution in [0.3, 0.4) is 0 Å². The molecular weight excluding hydrogens is 281 g/mol. The molecule has 2 N–H and O–H groups in total. The number of benzene rings is 2. The number of rotatable bonds is 7. The molecule has 0 aromatic heterocycles. The van der Waals surface area contributed by atoms with Crippen molar-refractivity contribution in [3.05, 3.63) is 71.0 Å². The summed E-state index contributed by atoms with van der Waals surface area (Å²) >= 11 is 0. The molecule has 2 rings (SSSR count). The highest BCUT2D eigenvalue weighted by atomic mass is 19.1. The second-order valence-electron chi connectivity index (χ2n) is 5.20. The third kappa shape index (κ3) is 4.97. The van der Waals surface area contributed by atoms with Crippen molar-refractivity contribution in [3.63, 3.8) is 0 Å². The molecule has 0 aliphatic carbocycles. The molecule has 2 aromatic rings. The molecule has 0 saturated carbocycles. The van der Waals surface area contributed by atoms with E-state index in [1.54, 1.807) is 12.1 Å². The zero-order valence-electron chi connectivity index (χ0n) is 12.4. The predicted molar refractivity (Wildman–Crippen MR) is 83.5 cm³/mol. The summed E-state index contributed by atoms with van der Waals surface area (Å²) in [5.74, 6) is -0.453. The molecule has 0 saturated heterocycles. The highest BCUT2D eigenvalue weighted by molar-refractivity contribution is 5.75. The van der Waals surface area contributed by atoms with Crippen LogP contribution in [-0.4, -0.2) is 11.0 Å². The normalized spacial score (nSPS) is 10.5. The Morgan fingerprint density at radius 3 is 2.59 bits per heavy atom. The Kier molecular flexibility index (Phi) is 6.10. The summed E-state index contributed by atoms with van der Waals surface area (Å²) in [4.78, 5) is 11.8. The van der Waals surface area contributed by atoms with Gasteiger partial charge >= 0.3 is 0 Å². The Balaban J connectivity index is 1.73. The molecule has 0 fully saturated rings. The van der Waals surface area contributed by atoms with E-state index in [0.29, 0.717) is 13.0 Å². The van der Waals surface area contributed by atoms with Crippen LogP contribution in [0.4, 0.5) is 4.39 Å². The van der Waals surface area contributed by atoms with Crippen LogP contribution in [0.5, 0.6) is 0 Å². The van der Waals surface area contributed by atoms with Crippen LogP contribution in [0.2, 0.25) is 0 Å². The molecule has 22 heavy (non-hydrogen) atoms. The van der Waals surface area contributed by atoms with Crippen LogP contribution in [0.15, 0.2) is 48.5 Å². The first kappa shape index (κ1) is 16.2. The van der Waals surface area contributed by atoms with Gasteiger partial charge in [-0.15, -0.1) is 0 Å². The second-order valence-corrected chi connectivity index (χ2v) is 5.20. The van der Waals surface area contributed by atoms with Gasteiger partial charge in [0.15, 0.2) is 0 Å². The Morgan fingerprint density at radius 2 is 1.86 bits per heavy atom. The van der Waals surface area contributed by atoms with Crippen LogP contribution >= 0.6 is 0 Å². The van der Waals surface area contributed by atoms with Gasteiger partial charge in [0.25, 0.3) is 0 Å². The summed E-state index contributed by atoms with van der Waals surface area (Å²) in [6.45, 7) is 0.00213. The monoisotopic (exact) mass is 301 g/mol. The van der Waals surface area contributed by atoms with Crippen molar-refractivity contribution in [1.29, 1.82) is 0 Å². The molecule has 0 bridgehead atoms. The van der Waals surface area contributed by atoms with E-state index in [9.17, 15) is 9.18 Å². The molecule has 0 spiro atoms. The van der Waals surface area contributed by atoms with Crippen molar-refractivity contribution in [2.75, 3.05) is 0 Å². The number of aliphatic hydroxyl groups is 1. The van der Waals surface area contributed by atoms with Crippen molar-refractivity contribution in [2.45, 2.75) is 32.4 Å². The van der Waals surface area contributed by atoms with E-state index in [-0.39, 0.29) is 18.1 Å². The van der Waals surface area contributed by atoms with E-state index in [4.69, 9.17) is 5.11 Å². The Bertz CT molecular complexity index is 614. The summed E-state index contributed by atoms with van der Waals surface area (Å²) in [7, 11) is 0. The number of carbonyl (C=O) groups excluding carboxylic acids is 1. The molecular formula is C18H20FNO2. The van der Waals surface area contributed by atoms with Gasteiger partial charge in [-0.1, -0.05) is 36.4 Å². The lowest BCUT2D eigenvalue weighted by molar-refractivity contribution is -0.121. The quantitative estimate of drug-likeness (QED) is 0.826. The average Bonchev–Trinajstić information content (AvgIpc) is 2.55. The Morgan fingerprint density at radius 1 is 1.09 bits per heavy atom. The SMILES string of the molecule is O=C(CCCc1ccccc1)NCc1ccc(F)c(CO)c1. The largest absolute Gasteiger partial charge is 0.392 e. The lowest BCUT2D eigenvalue weighted by atomic mass is 10.1. The lowest BCUT2D eigenvalue weighted by Crippen LogP contribution is -2.22. The van der Waals surface area contributed by atoms with Gasteiger partial charge < -0.3 is 10.4 Å². The summed E-state index contributed by atoms with van der Waals surface area (Å²) in [5.41, 5.74) is 2.25. The molecule has 0 aliphatic heterocycles. The molecule has 3 nitrogen and oxygen atoms in total. The second kappa shape index (κ2) is 8.29. The number of aryl methyl sites for hydroxylation is 1. The molecule has 116 valence electrons. The molecule has 4 heteroatoms. The molecule has 0 heterocycles. The number of amides is 1. The van der Waals surface area contributed by atoms with E-state index >= 15 is 0 Å². The van der Waals surface area contributed by atoms with Crippen LogP contribution in [0.1, 0.15) is 29.5 Å². The maximum Gasteiger partial charge on any atom is 0.220 e. The van der Waals surface area contributed by atoms with E-state index in [1.807, 2.05) is 30.3 Å². The summed E-state index contributed by atoms with van der Waals surface area (Å²) in [5, 5.41) is 11.8. The van der Waals surface area contributed by atoms with Gasteiger partial charge in [0, 0.05) is 18.5 Å². The number of aliphatic hydroxyl groups excluding tert-OH is 1. The van der Waals surface area contributed by atoms with Gasteiger partial charge in [-0.25, -0.2) is 4.39 Å². The number of carbonyl (C=O) groups is 1. The lowest BCUT2D eigenvalue weighted by Gasteiger charge is -2.07. The van der Waals surface area contributed by atoms with Gasteiger partial charge in [0.2, 0.25) is 5.91 Å².